The van der Waals surface area contributed by atoms with Gasteiger partial charge in [-0.15, -0.1) is 0 Å². The van der Waals surface area contributed by atoms with Gasteiger partial charge in [0.05, 0.1) is 10.6 Å². The minimum Gasteiger partial charge on any atom is -0.315 e. The number of Topliss-reactive ketones (excluding diaryl/α,β-unsaturated/α-hetero) is 1. The topological polar surface area (TPSA) is 70.7 Å². The van der Waals surface area contributed by atoms with E-state index < -0.39 is 0 Å². The van der Waals surface area contributed by atoms with Crippen molar-refractivity contribution in [1.82, 2.24) is 15.2 Å². The number of hydrogen-bond acceptors (Lipinski definition) is 5. The predicted molar refractivity (Wildman–Crippen MR) is 58.7 cm³/mol. The summed E-state index contributed by atoms with van der Waals surface area (Å²) in [6.07, 6.45) is 1.72. The zero-order valence-electron chi connectivity index (χ0n) is 8.37. The van der Waals surface area contributed by atoms with Gasteiger partial charge in [0.1, 0.15) is 0 Å². The van der Waals surface area contributed by atoms with Crippen LogP contribution in [0.3, 0.4) is 0 Å². The first-order valence-electron chi connectivity index (χ1n) is 4.42. The molecule has 0 spiro atoms. The molecule has 0 radical (unpaired) electrons. The number of thiazole rings is 1. The second-order valence-corrected chi connectivity index (χ2v) is 4.07. The van der Waals surface area contributed by atoms with Crippen molar-refractivity contribution in [3.05, 3.63) is 22.8 Å². The fourth-order valence-electron chi connectivity index (χ4n) is 1.22. The van der Waals surface area contributed by atoms with Crippen LogP contribution in [-0.2, 0) is 0 Å². The number of rotatable bonds is 3. The highest BCUT2D eigenvalue weighted by atomic mass is 32.1. The van der Waals surface area contributed by atoms with E-state index in [1.54, 1.807) is 19.2 Å². The average Bonchev–Trinajstić information content (AvgIpc) is 2.75. The molecule has 0 fully saturated rings. The van der Waals surface area contributed by atoms with Crippen LogP contribution in [0.25, 0.3) is 0 Å². The maximum Gasteiger partial charge on any atom is 0.189 e. The van der Waals surface area contributed by atoms with Crippen LogP contribution in [0, 0.1) is 6.92 Å². The maximum atomic E-state index is 11.2. The molecule has 0 saturated carbocycles. The molecule has 2 aromatic rings. The molecule has 0 aliphatic carbocycles. The standard InChI is InChI=1S/C9H10N4OS/c1-5-8(6(2)14)15-9(11-5)12-7-3-4-10-13-7/h3-4H,1-2H3,(H2,10,11,12,13). The Morgan fingerprint density at radius 1 is 1.60 bits per heavy atom. The number of nitrogens with one attached hydrogen (secondary N) is 2. The molecule has 0 atom stereocenters. The number of anilines is 2. The molecule has 0 bridgehead atoms. The molecule has 0 saturated heterocycles. The Morgan fingerprint density at radius 3 is 2.93 bits per heavy atom. The molecule has 6 heteroatoms. The van der Waals surface area contributed by atoms with Crippen molar-refractivity contribution in [2.24, 2.45) is 0 Å². The van der Waals surface area contributed by atoms with Crippen LogP contribution < -0.4 is 5.32 Å². The van der Waals surface area contributed by atoms with Crippen LogP contribution in [-0.4, -0.2) is 21.0 Å². The summed E-state index contributed by atoms with van der Waals surface area (Å²) in [5.41, 5.74) is 0.755. The molecule has 0 aliphatic rings. The summed E-state index contributed by atoms with van der Waals surface area (Å²) < 4.78 is 0. The van der Waals surface area contributed by atoms with Gasteiger partial charge in [-0.2, -0.15) is 5.10 Å². The van der Waals surface area contributed by atoms with Gasteiger partial charge in [0, 0.05) is 19.2 Å². The first-order chi connectivity index (χ1) is 7.16. The molecular weight excluding hydrogens is 212 g/mol. The van der Waals surface area contributed by atoms with Gasteiger partial charge in [-0.25, -0.2) is 4.98 Å². The van der Waals surface area contributed by atoms with Gasteiger partial charge in [-0.3, -0.25) is 9.89 Å². The molecular formula is C9H10N4OS. The summed E-state index contributed by atoms with van der Waals surface area (Å²) in [5.74, 6) is 0.735. The molecule has 0 amide bonds. The zero-order valence-corrected chi connectivity index (χ0v) is 9.18. The summed E-state index contributed by atoms with van der Waals surface area (Å²) in [4.78, 5) is 16.1. The number of aromatic amines is 1. The summed E-state index contributed by atoms with van der Waals surface area (Å²) in [5, 5.41) is 10.3. The summed E-state index contributed by atoms with van der Waals surface area (Å²) in [6.45, 7) is 3.36. The third kappa shape index (κ3) is 2.04. The largest absolute Gasteiger partial charge is 0.315 e. The van der Waals surface area contributed by atoms with Crippen molar-refractivity contribution in [1.29, 1.82) is 0 Å². The van der Waals surface area contributed by atoms with Crippen LogP contribution in [0.5, 0.6) is 0 Å². The Labute approximate surface area is 90.6 Å². The normalized spacial score (nSPS) is 10.3. The number of H-pyrrole nitrogens is 1. The number of nitrogens with zero attached hydrogens (tertiary/aromatic N) is 2. The smallest absolute Gasteiger partial charge is 0.189 e. The molecule has 5 nitrogen and oxygen atoms in total. The van der Waals surface area contributed by atoms with Crippen molar-refractivity contribution >= 4 is 28.1 Å². The lowest BCUT2D eigenvalue weighted by Crippen LogP contribution is -1.90. The third-order valence-electron chi connectivity index (χ3n) is 1.85. The number of ketones is 1. The monoisotopic (exact) mass is 222 g/mol. The van der Waals surface area contributed by atoms with Crippen molar-refractivity contribution in [2.75, 3.05) is 5.32 Å². The van der Waals surface area contributed by atoms with E-state index in [2.05, 4.69) is 20.5 Å². The molecule has 2 aromatic heterocycles. The quantitative estimate of drug-likeness (QED) is 0.780. The Hall–Kier alpha value is -1.69. The number of aromatic nitrogens is 3. The number of carbonyl (C=O) groups excluding carboxylic acids is 1. The highest BCUT2D eigenvalue weighted by molar-refractivity contribution is 7.17. The van der Waals surface area contributed by atoms with Gasteiger partial charge in [0.15, 0.2) is 16.7 Å². The lowest BCUT2D eigenvalue weighted by atomic mass is 10.3. The second-order valence-electron chi connectivity index (χ2n) is 3.07. The lowest BCUT2D eigenvalue weighted by molar-refractivity contribution is 0.102. The van der Waals surface area contributed by atoms with Crippen molar-refractivity contribution in [3.63, 3.8) is 0 Å². The molecule has 2 rings (SSSR count). The fourth-order valence-corrected chi connectivity index (χ4v) is 2.08. The van der Waals surface area contributed by atoms with E-state index >= 15 is 0 Å². The van der Waals surface area contributed by atoms with E-state index in [0.29, 0.717) is 15.8 Å². The summed E-state index contributed by atoms with van der Waals surface area (Å²) >= 11 is 1.34. The Kier molecular flexibility index (Phi) is 2.51. The predicted octanol–water partition coefficient (Wildman–Crippen LogP) is 2.12. The second kappa shape index (κ2) is 3.82. The lowest BCUT2D eigenvalue weighted by Gasteiger charge is -1.94. The van der Waals surface area contributed by atoms with Crippen molar-refractivity contribution in [3.8, 4) is 0 Å². The van der Waals surface area contributed by atoms with E-state index in [0.717, 1.165) is 5.69 Å². The minimum absolute atomic E-state index is 0.0417. The van der Waals surface area contributed by atoms with E-state index in [1.807, 2.05) is 6.92 Å². The van der Waals surface area contributed by atoms with Crippen LogP contribution >= 0.6 is 11.3 Å². The van der Waals surface area contributed by atoms with Gasteiger partial charge < -0.3 is 5.32 Å². The molecule has 2 N–H and O–H groups in total. The zero-order chi connectivity index (χ0) is 10.8. The van der Waals surface area contributed by atoms with Crippen molar-refractivity contribution < 1.29 is 4.79 Å². The number of hydrogen-bond donors (Lipinski definition) is 2. The summed E-state index contributed by atoms with van der Waals surface area (Å²) in [6, 6.07) is 1.80. The van der Waals surface area contributed by atoms with E-state index in [4.69, 9.17) is 0 Å². The molecule has 0 aromatic carbocycles. The average molecular weight is 222 g/mol. The molecule has 0 aliphatic heterocycles. The van der Waals surface area contributed by atoms with E-state index in [1.165, 1.54) is 11.3 Å². The van der Waals surface area contributed by atoms with Crippen molar-refractivity contribution in [2.45, 2.75) is 13.8 Å². The molecule has 2 heterocycles. The number of aryl methyl sites for hydroxylation is 1. The minimum atomic E-state index is 0.0417. The van der Waals surface area contributed by atoms with Crippen LogP contribution in [0.15, 0.2) is 12.3 Å². The number of carbonyl (C=O) groups is 1. The first kappa shape index (κ1) is 9.85. The highest BCUT2D eigenvalue weighted by Crippen LogP contribution is 2.24. The first-order valence-corrected chi connectivity index (χ1v) is 5.23. The van der Waals surface area contributed by atoms with Gasteiger partial charge in [0.25, 0.3) is 0 Å². The fraction of sp³-hybridized carbons (Fsp3) is 0.222. The molecule has 0 unspecified atom stereocenters. The highest BCUT2D eigenvalue weighted by Gasteiger charge is 2.11. The maximum absolute atomic E-state index is 11.2. The molecule has 78 valence electrons. The Balaban J connectivity index is 2.23. The molecule has 15 heavy (non-hydrogen) atoms. The summed E-state index contributed by atoms with van der Waals surface area (Å²) in [7, 11) is 0. The third-order valence-corrected chi connectivity index (χ3v) is 3.03. The van der Waals surface area contributed by atoms with Crippen LogP contribution in [0.4, 0.5) is 10.9 Å². The SMILES string of the molecule is CC(=O)c1sc(Nc2cc[nH]n2)nc1C. The van der Waals surface area contributed by atoms with E-state index in [-0.39, 0.29) is 5.78 Å². The van der Waals surface area contributed by atoms with E-state index in [9.17, 15) is 4.79 Å². The van der Waals surface area contributed by atoms with Gasteiger partial charge >= 0.3 is 0 Å². The Morgan fingerprint density at radius 2 is 2.40 bits per heavy atom. The Bertz CT molecular complexity index is 474. The van der Waals surface area contributed by atoms with Crippen LogP contribution in [0.2, 0.25) is 0 Å². The van der Waals surface area contributed by atoms with Gasteiger partial charge in [-0.1, -0.05) is 11.3 Å². The van der Waals surface area contributed by atoms with Crippen LogP contribution in [0.1, 0.15) is 22.3 Å². The van der Waals surface area contributed by atoms with Gasteiger partial charge in [-0.05, 0) is 6.92 Å². The van der Waals surface area contributed by atoms with Gasteiger partial charge in [0.2, 0.25) is 0 Å².